The molecule has 3 aromatic carbocycles. The predicted molar refractivity (Wildman–Crippen MR) is 120 cm³/mol. The van der Waals surface area contributed by atoms with Gasteiger partial charge in [0.15, 0.2) is 0 Å². The maximum Gasteiger partial charge on any atom is 0.270 e. The third kappa shape index (κ3) is 3.38. The van der Waals surface area contributed by atoms with Gasteiger partial charge in [0.1, 0.15) is 0 Å². The van der Waals surface area contributed by atoms with Crippen LogP contribution in [-0.2, 0) is 4.79 Å². The van der Waals surface area contributed by atoms with E-state index in [1.165, 1.54) is 12.1 Å². The Hall–Kier alpha value is -4.52. The van der Waals surface area contributed by atoms with E-state index in [-0.39, 0.29) is 11.6 Å². The smallest absolute Gasteiger partial charge is 0.270 e. The number of fused-ring (bicyclic) bond motifs is 2. The number of hydrogen-bond acceptors (Lipinski definition) is 5. The van der Waals surface area contributed by atoms with Crippen LogP contribution in [0.4, 0.5) is 17.1 Å². The standard InChI is InChI=1S/C24H16N4O3/c29-24-22(19-14-18(28(30)31)9-11-21(19)27-24)23(15-5-2-1-3-6-15)26-17-8-10-20-16(13-17)7-4-12-25-20/h1-14,26H,(H,27,29). The third-order valence-electron chi connectivity index (χ3n) is 5.14. The molecular weight excluding hydrogens is 392 g/mol. The molecule has 0 atom stereocenters. The number of aromatic nitrogens is 1. The zero-order valence-electron chi connectivity index (χ0n) is 16.2. The lowest BCUT2D eigenvalue weighted by Crippen LogP contribution is -2.10. The van der Waals surface area contributed by atoms with Gasteiger partial charge in [0.05, 0.1) is 21.7 Å². The molecule has 2 heterocycles. The van der Waals surface area contributed by atoms with Gasteiger partial charge in [-0.3, -0.25) is 19.9 Å². The van der Waals surface area contributed by atoms with Gasteiger partial charge in [-0.15, -0.1) is 0 Å². The number of non-ortho nitro benzene ring substituents is 1. The summed E-state index contributed by atoms with van der Waals surface area (Å²) in [6.07, 6.45) is 1.74. The maximum atomic E-state index is 12.9. The number of amides is 1. The van der Waals surface area contributed by atoms with Gasteiger partial charge in [-0.05, 0) is 35.9 Å². The summed E-state index contributed by atoms with van der Waals surface area (Å²) in [5, 5.41) is 18.4. The number of nitro groups is 1. The Morgan fingerprint density at radius 3 is 2.61 bits per heavy atom. The molecule has 0 saturated carbocycles. The average molecular weight is 408 g/mol. The van der Waals surface area contributed by atoms with Crippen LogP contribution < -0.4 is 10.6 Å². The van der Waals surface area contributed by atoms with E-state index in [1.54, 1.807) is 12.3 Å². The predicted octanol–water partition coefficient (Wildman–Crippen LogP) is 5.08. The summed E-state index contributed by atoms with van der Waals surface area (Å²) in [4.78, 5) is 28.1. The zero-order chi connectivity index (χ0) is 21.4. The number of nitrogens with one attached hydrogen (secondary N) is 2. The Labute approximate surface area is 177 Å². The van der Waals surface area contributed by atoms with Crippen molar-refractivity contribution in [3.05, 3.63) is 106 Å². The molecule has 1 aliphatic heterocycles. The fourth-order valence-corrected chi connectivity index (χ4v) is 3.70. The summed E-state index contributed by atoms with van der Waals surface area (Å²) in [5.74, 6) is -0.315. The maximum absolute atomic E-state index is 12.9. The Morgan fingerprint density at radius 2 is 1.81 bits per heavy atom. The van der Waals surface area contributed by atoms with Crippen LogP contribution in [0.3, 0.4) is 0 Å². The molecule has 0 saturated heterocycles. The molecule has 0 radical (unpaired) electrons. The Bertz CT molecular complexity index is 1380. The lowest BCUT2D eigenvalue weighted by Gasteiger charge is -2.15. The van der Waals surface area contributed by atoms with E-state index in [1.807, 2.05) is 60.7 Å². The van der Waals surface area contributed by atoms with Crippen LogP contribution in [0.2, 0.25) is 0 Å². The summed E-state index contributed by atoms with van der Waals surface area (Å²) in [6, 6.07) is 23.4. The minimum absolute atomic E-state index is 0.0723. The molecule has 0 aliphatic carbocycles. The number of carbonyl (C=O) groups excluding carboxylic acids is 1. The molecule has 1 amide bonds. The highest BCUT2D eigenvalue weighted by molar-refractivity contribution is 6.37. The first kappa shape index (κ1) is 18.5. The monoisotopic (exact) mass is 408 g/mol. The number of pyridine rings is 1. The number of benzene rings is 3. The van der Waals surface area contributed by atoms with Crippen molar-refractivity contribution in [3.8, 4) is 0 Å². The molecule has 0 spiro atoms. The average Bonchev–Trinajstić information content (AvgIpc) is 3.12. The fraction of sp³-hybridized carbons (Fsp3) is 0. The second-order valence-electron chi connectivity index (χ2n) is 7.09. The second kappa shape index (κ2) is 7.38. The van der Waals surface area contributed by atoms with E-state index in [4.69, 9.17) is 0 Å². The summed E-state index contributed by atoms with van der Waals surface area (Å²) in [6.45, 7) is 0. The van der Waals surface area contributed by atoms with E-state index in [0.717, 1.165) is 22.2 Å². The second-order valence-corrected chi connectivity index (χ2v) is 7.09. The first-order valence-electron chi connectivity index (χ1n) is 9.62. The van der Waals surface area contributed by atoms with E-state index in [2.05, 4.69) is 15.6 Å². The number of hydrogen-bond donors (Lipinski definition) is 2. The van der Waals surface area contributed by atoms with Crippen LogP contribution in [-0.4, -0.2) is 15.8 Å². The highest BCUT2D eigenvalue weighted by Gasteiger charge is 2.30. The highest BCUT2D eigenvalue weighted by Crippen LogP contribution is 2.39. The summed E-state index contributed by atoms with van der Waals surface area (Å²) < 4.78 is 0. The fourth-order valence-electron chi connectivity index (χ4n) is 3.70. The SMILES string of the molecule is O=C1Nc2ccc([N+](=O)[O-])cc2C1=C(Nc1ccc2ncccc2c1)c1ccccc1. The molecule has 5 rings (SSSR count). The molecule has 31 heavy (non-hydrogen) atoms. The van der Waals surface area contributed by atoms with Crippen LogP contribution in [0.15, 0.2) is 85.1 Å². The van der Waals surface area contributed by atoms with Crippen LogP contribution >= 0.6 is 0 Å². The molecule has 150 valence electrons. The van der Waals surface area contributed by atoms with Crippen molar-refractivity contribution in [2.45, 2.75) is 0 Å². The normalized spacial score (nSPS) is 14.1. The van der Waals surface area contributed by atoms with E-state index in [9.17, 15) is 14.9 Å². The molecule has 0 unspecified atom stereocenters. The molecule has 7 heteroatoms. The van der Waals surface area contributed by atoms with Gasteiger partial charge in [0.2, 0.25) is 0 Å². The minimum Gasteiger partial charge on any atom is -0.354 e. The number of nitro benzene ring substituents is 1. The number of anilines is 2. The van der Waals surface area contributed by atoms with Gasteiger partial charge in [0.25, 0.3) is 11.6 Å². The molecule has 1 aliphatic rings. The summed E-state index contributed by atoms with van der Waals surface area (Å²) in [7, 11) is 0. The van der Waals surface area contributed by atoms with Crippen LogP contribution in [0.5, 0.6) is 0 Å². The van der Waals surface area contributed by atoms with Gasteiger partial charge in [-0.25, -0.2) is 0 Å². The number of nitrogens with zero attached hydrogens (tertiary/aromatic N) is 2. The molecule has 0 bridgehead atoms. The topological polar surface area (TPSA) is 97.2 Å². The van der Waals surface area contributed by atoms with Gasteiger partial charge in [-0.1, -0.05) is 36.4 Å². The van der Waals surface area contributed by atoms with Gasteiger partial charge >= 0.3 is 0 Å². The van der Waals surface area contributed by atoms with Gasteiger partial charge in [0, 0.05) is 40.7 Å². The number of rotatable bonds is 4. The first-order valence-corrected chi connectivity index (χ1v) is 9.62. The summed E-state index contributed by atoms with van der Waals surface area (Å²) >= 11 is 0. The Morgan fingerprint density at radius 1 is 0.968 bits per heavy atom. The molecule has 0 fully saturated rings. The minimum atomic E-state index is -0.466. The van der Waals surface area contributed by atoms with E-state index in [0.29, 0.717) is 22.5 Å². The van der Waals surface area contributed by atoms with Crippen molar-refractivity contribution in [2.24, 2.45) is 0 Å². The third-order valence-corrected chi connectivity index (χ3v) is 5.14. The first-order chi connectivity index (χ1) is 15.1. The summed E-state index contributed by atoms with van der Waals surface area (Å²) in [5.41, 5.74) is 4.32. The van der Waals surface area contributed by atoms with E-state index < -0.39 is 4.92 Å². The van der Waals surface area contributed by atoms with Crippen molar-refractivity contribution in [2.75, 3.05) is 10.6 Å². The van der Waals surface area contributed by atoms with Crippen molar-refractivity contribution in [1.29, 1.82) is 0 Å². The molecule has 1 aromatic heterocycles. The highest BCUT2D eigenvalue weighted by atomic mass is 16.6. The Kier molecular flexibility index (Phi) is 4.41. The zero-order valence-corrected chi connectivity index (χ0v) is 16.2. The van der Waals surface area contributed by atoms with E-state index >= 15 is 0 Å². The lowest BCUT2D eigenvalue weighted by molar-refractivity contribution is -0.384. The molecule has 7 nitrogen and oxygen atoms in total. The molecule has 2 N–H and O–H groups in total. The quantitative estimate of drug-likeness (QED) is 0.279. The van der Waals surface area contributed by atoms with Crippen LogP contribution in [0.1, 0.15) is 11.1 Å². The van der Waals surface area contributed by atoms with Crippen molar-refractivity contribution in [3.63, 3.8) is 0 Å². The van der Waals surface area contributed by atoms with Crippen LogP contribution in [0.25, 0.3) is 22.2 Å². The molecular formula is C24H16N4O3. The van der Waals surface area contributed by atoms with Gasteiger partial charge < -0.3 is 10.6 Å². The lowest BCUT2D eigenvalue weighted by atomic mass is 9.99. The molecule has 4 aromatic rings. The Balaban J connectivity index is 1.70. The van der Waals surface area contributed by atoms with Crippen molar-refractivity contribution in [1.82, 2.24) is 4.98 Å². The van der Waals surface area contributed by atoms with Crippen LogP contribution in [0, 0.1) is 10.1 Å². The van der Waals surface area contributed by atoms with Crippen molar-refractivity contribution < 1.29 is 9.72 Å². The largest absolute Gasteiger partial charge is 0.354 e. The number of carbonyl (C=O) groups is 1. The van der Waals surface area contributed by atoms with Crippen molar-refractivity contribution >= 4 is 45.1 Å². The van der Waals surface area contributed by atoms with Gasteiger partial charge in [-0.2, -0.15) is 0 Å².